The summed E-state index contributed by atoms with van der Waals surface area (Å²) < 4.78 is 2.27. The van der Waals surface area contributed by atoms with Gasteiger partial charge in [-0.25, -0.2) is 0 Å². The van der Waals surface area contributed by atoms with Gasteiger partial charge in [-0.3, -0.25) is 0 Å². The van der Waals surface area contributed by atoms with Gasteiger partial charge in [0.15, 0.2) is 0 Å². The molecule has 0 spiro atoms. The number of nitrogens with zero attached hydrogens (tertiary/aromatic N) is 1. The molecule has 0 aliphatic carbocycles. The molecule has 1 aromatic heterocycles. The number of hydrogen-bond acceptors (Lipinski definition) is 2. The molecule has 1 unspecified atom stereocenters. The minimum atomic E-state index is -0.394. The molecule has 0 amide bonds. The fraction of sp³-hybridized carbons (Fsp3) is 0.0500. The number of hydrogen-bond donors (Lipinski definition) is 2. The first kappa shape index (κ1) is 26.5. The molecule has 3 nitrogen and oxygen atoms in total. The van der Waals surface area contributed by atoms with Crippen molar-refractivity contribution in [1.29, 1.82) is 0 Å². The van der Waals surface area contributed by atoms with Gasteiger partial charge in [0.25, 0.3) is 0 Å². The van der Waals surface area contributed by atoms with E-state index < -0.39 is 6.17 Å². The van der Waals surface area contributed by atoms with Crippen molar-refractivity contribution in [2.75, 3.05) is 0 Å². The van der Waals surface area contributed by atoms with Gasteiger partial charge in [0, 0.05) is 22.4 Å². The van der Waals surface area contributed by atoms with Crippen LogP contribution in [0.4, 0.5) is 0 Å². The molecule has 2 atom stereocenters. The quantitative estimate of drug-likeness (QED) is 0.206. The molecule has 43 heavy (non-hydrogen) atoms. The Morgan fingerprint density at radius 3 is 1.42 bits per heavy atom. The molecule has 3 heteroatoms. The third kappa shape index (κ3) is 5.12. The molecule has 1 heterocycles. The van der Waals surface area contributed by atoms with Crippen LogP contribution < -0.4 is 11.5 Å². The summed E-state index contributed by atoms with van der Waals surface area (Å²) in [6.45, 7) is 0. The van der Waals surface area contributed by atoms with Crippen LogP contribution in [0.5, 0.6) is 0 Å². The van der Waals surface area contributed by atoms with Crippen molar-refractivity contribution in [3.05, 3.63) is 175 Å². The molecular weight excluding hydrogens is 522 g/mol. The van der Waals surface area contributed by atoms with Crippen LogP contribution in [0, 0.1) is 0 Å². The maximum Gasteiger partial charge on any atom is 0.0926 e. The van der Waals surface area contributed by atoms with Crippen LogP contribution >= 0.6 is 0 Å². The number of aromatic nitrogens is 1. The molecule has 0 bridgehead atoms. The minimum Gasteiger partial charge on any atom is -0.398 e. The second-order valence-electron chi connectivity index (χ2n) is 11.0. The summed E-state index contributed by atoms with van der Waals surface area (Å²) in [5, 5.41) is 2.39. The topological polar surface area (TPSA) is 57.0 Å². The van der Waals surface area contributed by atoms with Crippen LogP contribution in [-0.2, 0) is 0 Å². The summed E-state index contributed by atoms with van der Waals surface area (Å²) in [6, 6.07) is 54.9. The monoisotopic (exact) mass is 555 g/mol. The van der Waals surface area contributed by atoms with Gasteiger partial charge < -0.3 is 16.0 Å². The lowest BCUT2D eigenvalue weighted by Gasteiger charge is -2.26. The lowest BCUT2D eigenvalue weighted by atomic mass is 9.91. The number of benzene rings is 6. The summed E-state index contributed by atoms with van der Waals surface area (Å²) in [5.41, 5.74) is 23.8. The van der Waals surface area contributed by atoms with Gasteiger partial charge in [0.1, 0.15) is 0 Å². The Kier molecular flexibility index (Phi) is 7.08. The molecule has 0 saturated carbocycles. The van der Waals surface area contributed by atoms with E-state index in [9.17, 15) is 0 Å². The first-order valence-corrected chi connectivity index (χ1v) is 14.7. The van der Waals surface area contributed by atoms with Crippen molar-refractivity contribution < 1.29 is 0 Å². The highest BCUT2D eigenvalue weighted by molar-refractivity contribution is 6.08. The van der Waals surface area contributed by atoms with E-state index in [1.54, 1.807) is 0 Å². The standard InChI is InChI=1S/C40H33N3/c41-37(33-25-21-31(22-26-33)29-13-5-2-6-14-29)27-36(32-23-19-30(20-24-32)28-11-3-1-4-12-28)40(42)43-38-17-9-7-15-34(38)35-16-8-10-18-39(35)43/h1-27,36,40H,41-42H2/b37-27-/t36-,40?/m1/s1. The highest BCUT2D eigenvalue weighted by Crippen LogP contribution is 2.37. The van der Waals surface area contributed by atoms with E-state index in [1.807, 2.05) is 12.1 Å². The molecule has 0 fully saturated rings. The molecule has 7 rings (SSSR count). The van der Waals surface area contributed by atoms with E-state index in [-0.39, 0.29) is 5.92 Å². The SMILES string of the molecule is N/C(=C\[C@H](c1ccc(-c2ccccc2)cc1)C(N)n1c2ccccc2c2ccccc21)c1ccc(-c2ccccc2)cc1. The molecule has 4 N–H and O–H groups in total. The second kappa shape index (κ2) is 11.5. The van der Waals surface area contributed by atoms with Crippen LogP contribution in [0.3, 0.4) is 0 Å². The fourth-order valence-corrected chi connectivity index (χ4v) is 6.13. The van der Waals surface area contributed by atoms with Crippen molar-refractivity contribution in [1.82, 2.24) is 4.57 Å². The predicted molar refractivity (Wildman–Crippen MR) is 181 cm³/mol. The summed E-state index contributed by atoms with van der Waals surface area (Å²) in [7, 11) is 0. The predicted octanol–water partition coefficient (Wildman–Crippen LogP) is 9.37. The van der Waals surface area contributed by atoms with Gasteiger partial charge in [-0.2, -0.15) is 0 Å². The van der Waals surface area contributed by atoms with Crippen molar-refractivity contribution in [2.45, 2.75) is 12.1 Å². The Labute approximate surface area is 252 Å². The number of para-hydroxylation sites is 2. The number of fused-ring (bicyclic) bond motifs is 3. The Bertz CT molecular complexity index is 1970. The first-order chi connectivity index (χ1) is 21.2. The Morgan fingerprint density at radius 1 is 0.488 bits per heavy atom. The lowest BCUT2D eigenvalue weighted by molar-refractivity contribution is 0.501. The van der Waals surface area contributed by atoms with Crippen molar-refractivity contribution in [3.63, 3.8) is 0 Å². The van der Waals surface area contributed by atoms with Crippen LogP contribution in [0.2, 0.25) is 0 Å². The average Bonchev–Trinajstić information content (AvgIpc) is 3.42. The lowest BCUT2D eigenvalue weighted by Crippen LogP contribution is -2.25. The van der Waals surface area contributed by atoms with Crippen molar-refractivity contribution in [3.8, 4) is 22.3 Å². The van der Waals surface area contributed by atoms with Crippen LogP contribution in [0.15, 0.2) is 164 Å². The van der Waals surface area contributed by atoms with Gasteiger partial charge in [-0.1, -0.05) is 146 Å². The Balaban J connectivity index is 1.32. The largest absolute Gasteiger partial charge is 0.398 e. The molecule has 0 radical (unpaired) electrons. The zero-order valence-corrected chi connectivity index (χ0v) is 23.8. The van der Waals surface area contributed by atoms with Gasteiger partial charge in [-0.15, -0.1) is 0 Å². The summed E-state index contributed by atoms with van der Waals surface area (Å²) in [5.74, 6) is -0.183. The van der Waals surface area contributed by atoms with Gasteiger partial charge in [-0.05, 0) is 51.6 Å². The van der Waals surface area contributed by atoms with Crippen LogP contribution in [-0.4, -0.2) is 4.57 Å². The van der Waals surface area contributed by atoms with E-state index in [0.717, 1.165) is 27.7 Å². The van der Waals surface area contributed by atoms with Gasteiger partial charge >= 0.3 is 0 Å². The Hall–Kier alpha value is -5.38. The van der Waals surface area contributed by atoms with E-state index in [1.165, 1.54) is 27.5 Å². The molecule has 208 valence electrons. The molecule has 0 saturated heterocycles. The minimum absolute atomic E-state index is 0.183. The fourth-order valence-electron chi connectivity index (χ4n) is 6.13. The smallest absolute Gasteiger partial charge is 0.0926 e. The third-order valence-corrected chi connectivity index (χ3v) is 8.37. The molecule has 0 aliphatic heterocycles. The average molecular weight is 556 g/mol. The normalized spacial score (nSPS) is 13.3. The molecular formula is C40H33N3. The van der Waals surface area contributed by atoms with E-state index in [2.05, 4.69) is 156 Å². The number of rotatable bonds is 7. The highest BCUT2D eigenvalue weighted by atomic mass is 15.1. The summed E-state index contributed by atoms with van der Waals surface area (Å²) in [6.07, 6.45) is 1.73. The zero-order valence-electron chi connectivity index (χ0n) is 23.8. The van der Waals surface area contributed by atoms with E-state index >= 15 is 0 Å². The number of nitrogens with two attached hydrogens (primary N) is 2. The van der Waals surface area contributed by atoms with Gasteiger partial charge in [0.05, 0.1) is 17.2 Å². The van der Waals surface area contributed by atoms with Crippen molar-refractivity contribution >= 4 is 27.5 Å². The molecule has 0 aliphatic rings. The van der Waals surface area contributed by atoms with E-state index in [4.69, 9.17) is 11.5 Å². The second-order valence-corrected chi connectivity index (χ2v) is 11.0. The maximum atomic E-state index is 7.29. The molecule has 7 aromatic rings. The van der Waals surface area contributed by atoms with Crippen LogP contribution in [0.1, 0.15) is 23.2 Å². The summed E-state index contributed by atoms with van der Waals surface area (Å²) in [4.78, 5) is 0. The third-order valence-electron chi connectivity index (χ3n) is 8.37. The summed E-state index contributed by atoms with van der Waals surface area (Å²) >= 11 is 0. The zero-order chi connectivity index (χ0) is 29.2. The molecule has 6 aromatic carbocycles. The highest BCUT2D eigenvalue weighted by Gasteiger charge is 2.24. The van der Waals surface area contributed by atoms with Crippen molar-refractivity contribution in [2.24, 2.45) is 11.5 Å². The van der Waals surface area contributed by atoms with E-state index in [0.29, 0.717) is 5.70 Å². The Morgan fingerprint density at radius 2 is 0.907 bits per heavy atom. The first-order valence-electron chi connectivity index (χ1n) is 14.7. The van der Waals surface area contributed by atoms with Gasteiger partial charge in [0.2, 0.25) is 0 Å². The van der Waals surface area contributed by atoms with Crippen LogP contribution in [0.25, 0.3) is 49.8 Å². The maximum absolute atomic E-state index is 7.29.